The lowest BCUT2D eigenvalue weighted by molar-refractivity contribution is -0.146. The third kappa shape index (κ3) is 21.6. The fourth-order valence-electron chi connectivity index (χ4n) is 12.8. The van der Waals surface area contributed by atoms with Crippen molar-refractivity contribution in [1.82, 2.24) is 51.6 Å². The van der Waals surface area contributed by atoms with Crippen molar-refractivity contribution in [1.29, 1.82) is 0 Å². The predicted molar refractivity (Wildman–Crippen MR) is 380 cm³/mol. The smallest absolute Gasteiger partial charge is 0.336 e. The monoisotopic (exact) mass is 1510 g/mol. The summed E-state index contributed by atoms with van der Waals surface area (Å²) < 4.78 is 11.0. The standard InChI is InChI=1S/C70H83N13O23S/c1-36(67(101)83(73-33-38-24-29-105-35-38)34-55(88)81-27-6-9-50(81)63(97)77-47(19-22-57(91)92)62(96)76-46(61(71)95)18-21-56(89)90)74-66(100)60(37(2)84)79-65(99)51-10-7-28-82(51)68(102)48(20-23-58(93)94)78-64(98)49-8-5-26-80(49)54(87)11-3-4-25-72-70(107)75-39-12-15-42(69(103)104)45(30-39)59-43-16-13-40(85)31-52(43)106-53-32-41(86)14-17-44(53)59/h12-17,24,29-33,35-37,46-51,60,84-85H,3-11,18-23,25-28,34H2,1-2H3,(H2,71,95)(H,74,100)(H,76,96)(H,77,97)(H,78,98)(H,79,99)(H,89,90)(H,91,92)(H,93,94)(H,103,104)(H2,72,75,107)/b73-33+/t36-,37-,46-,47-,48-,49-,50-,51-,60-/m1/s1. The molecule has 0 bridgehead atoms. The molecule has 0 spiro atoms. The molecule has 1 aliphatic carbocycles. The first-order valence-corrected chi connectivity index (χ1v) is 34.8. The van der Waals surface area contributed by atoms with Crippen molar-refractivity contribution in [3.05, 3.63) is 94.5 Å². The number of aromatic carboxylic acids is 1. The number of benzene rings is 3. The number of hydrazone groups is 1. The number of amides is 10. The number of aromatic hydroxyl groups is 1. The highest BCUT2D eigenvalue weighted by molar-refractivity contribution is 7.80. The van der Waals surface area contributed by atoms with Crippen LogP contribution in [0.15, 0.2) is 91.9 Å². The molecule has 4 aliphatic heterocycles. The van der Waals surface area contributed by atoms with Crippen molar-refractivity contribution in [2.75, 3.05) is 38.0 Å². The van der Waals surface area contributed by atoms with Crippen LogP contribution in [0.25, 0.3) is 33.4 Å². The number of hydrogen-bond acceptors (Lipinski definition) is 21. The van der Waals surface area contributed by atoms with E-state index in [4.69, 9.17) is 31.9 Å². The Morgan fingerprint density at radius 3 is 1.87 bits per heavy atom. The normalized spacial score (nSPS) is 17.2. The summed E-state index contributed by atoms with van der Waals surface area (Å²) in [5.41, 5.74) is 6.98. The third-order valence-corrected chi connectivity index (χ3v) is 18.5. The molecule has 2 aromatic carbocycles. The Balaban J connectivity index is 0.849. The Morgan fingerprint density at radius 2 is 1.26 bits per heavy atom. The predicted octanol–water partition coefficient (Wildman–Crippen LogP) is 0.758. The zero-order chi connectivity index (χ0) is 77.9. The van der Waals surface area contributed by atoms with Crippen LogP contribution in [0.3, 0.4) is 0 Å². The number of carbonyl (C=O) groups is 14. The number of nitrogens with one attached hydrogen (secondary N) is 7. The van der Waals surface area contributed by atoms with Crippen LogP contribution in [-0.2, 0) is 62.3 Å². The Labute approximate surface area is 615 Å². The average Bonchev–Trinajstić information content (AvgIpc) is 1.45. The highest BCUT2D eigenvalue weighted by Crippen LogP contribution is 2.43. The van der Waals surface area contributed by atoms with E-state index >= 15 is 0 Å². The summed E-state index contributed by atoms with van der Waals surface area (Å²) in [6.07, 6.45) is 0.702. The second kappa shape index (κ2) is 37.2. The van der Waals surface area contributed by atoms with Crippen molar-refractivity contribution >= 4 is 123 Å². The van der Waals surface area contributed by atoms with Crippen LogP contribution in [0.1, 0.15) is 126 Å². The van der Waals surface area contributed by atoms with Gasteiger partial charge in [0.1, 0.15) is 72.0 Å². The van der Waals surface area contributed by atoms with Gasteiger partial charge in [0, 0.05) is 91.8 Å². The summed E-state index contributed by atoms with van der Waals surface area (Å²) in [5.74, 6) is -14.2. The molecule has 3 fully saturated rings. The molecule has 36 nitrogen and oxygen atoms in total. The molecule has 1 aromatic heterocycles. The number of likely N-dealkylation sites (tertiary alicyclic amines) is 3. The first-order valence-electron chi connectivity index (χ1n) is 34.4. The minimum Gasteiger partial charge on any atom is -0.508 e. The topological polar surface area (TPSA) is 539 Å². The van der Waals surface area contributed by atoms with Crippen molar-refractivity contribution in [2.24, 2.45) is 10.8 Å². The number of phenolic OH excluding ortho intramolecular Hbond substituents is 1. The lowest BCUT2D eigenvalue weighted by atomic mass is 9.90. The molecule has 5 aliphatic rings. The van der Waals surface area contributed by atoms with Crippen LogP contribution in [0.5, 0.6) is 5.75 Å². The molecule has 572 valence electrons. The van der Waals surface area contributed by atoms with E-state index < -0.39 is 177 Å². The Morgan fingerprint density at radius 1 is 0.664 bits per heavy atom. The third-order valence-electron chi connectivity index (χ3n) is 18.2. The molecular formula is C70H83N13O23S. The molecule has 8 rings (SSSR count). The zero-order valence-electron chi connectivity index (χ0n) is 58.2. The number of thiocarbonyl (C=S) groups is 1. The number of hydrogen-bond donors (Lipinski definition) is 14. The number of nitrogens with two attached hydrogens (primary N) is 1. The van der Waals surface area contributed by atoms with Gasteiger partial charge in [-0.2, -0.15) is 5.10 Å². The highest BCUT2D eigenvalue weighted by Gasteiger charge is 2.43. The van der Waals surface area contributed by atoms with Crippen LogP contribution in [0, 0.1) is 0 Å². The number of carbonyl (C=O) groups excluding carboxylic acids is 10. The zero-order valence-corrected chi connectivity index (χ0v) is 59.0. The van der Waals surface area contributed by atoms with E-state index in [9.17, 15) is 97.5 Å². The molecule has 15 N–H and O–H groups in total. The molecule has 3 saturated heterocycles. The summed E-state index contributed by atoms with van der Waals surface area (Å²) in [6.45, 7) is 1.84. The van der Waals surface area contributed by atoms with E-state index in [0.29, 0.717) is 52.0 Å². The number of unbranched alkanes of at least 4 members (excludes halogenated alkanes) is 1. The fraction of sp³-hybridized carbons (Fsp3) is 0.443. The number of anilines is 1. The summed E-state index contributed by atoms with van der Waals surface area (Å²) in [5, 5.41) is 83.3. The summed E-state index contributed by atoms with van der Waals surface area (Å²) in [4.78, 5) is 202. The number of rotatable bonds is 35. The molecule has 0 radical (unpaired) electrons. The van der Waals surface area contributed by atoms with Crippen LogP contribution in [0.2, 0.25) is 0 Å². The first kappa shape index (κ1) is 80.8. The van der Waals surface area contributed by atoms with Crippen molar-refractivity contribution < 1.29 is 107 Å². The quantitative estimate of drug-likeness (QED) is 0.00875. The van der Waals surface area contributed by atoms with Gasteiger partial charge in [0.15, 0.2) is 10.5 Å². The Bertz CT molecular complexity index is 4280. The van der Waals surface area contributed by atoms with Crippen LogP contribution in [-0.4, -0.2) is 232 Å². The minimum atomic E-state index is -1.81. The van der Waals surface area contributed by atoms with Gasteiger partial charge in [-0.3, -0.25) is 67.1 Å². The molecule has 107 heavy (non-hydrogen) atoms. The first-order chi connectivity index (χ1) is 50.9. The number of carboxylic acids is 4. The number of primary amides is 1. The number of phenols is 1. The van der Waals surface area contributed by atoms with Gasteiger partial charge in [0.05, 0.1) is 30.4 Å². The van der Waals surface area contributed by atoms with Gasteiger partial charge in [0.2, 0.25) is 53.2 Å². The maximum atomic E-state index is 14.5. The number of nitrogens with zero attached hydrogens (tertiary/aromatic N) is 5. The van der Waals surface area contributed by atoms with Crippen LogP contribution < -0.4 is 48.4 Å². The Kier molecular flexibility index (Phi) is 28.1. The fourth-order valence-corrected chi connectivity index (χ4v) is 13.0. The maximum absolute atomic E-state index is 14.5. The second-order valence-corrected chi connectivity index (χ2v) is 26.3. The maximum Gasteiger partial charge on any atom is 0.336 e. The number of fused-ring (bicyclic) bond motifs is 2. The number of carboxylic acid groups (broad SMARTS) is 4. The second-order valence-electron chi connectivity index (χ2n) is 25.9. The lowest BCUT2D eigenvalue weighted by Gasteiger charge is -2.32. The van der Waals surface area contributed by atoms with Gasteiger partial charge >= 0.3 is 23.9 Å². The van der Waals surface area contributed by atoms with Crippen LogP contribution >= 0.6 is 12.2 Å². The number of aliphatic hydroxyl groups is 1. The molecule has 5 heterocycles. The molecule has 0 unspecified atom stereocenters. The summed E-state index contributed by atoms with van der Waals surface area (Å²) >= 11 is 5.57. The van der Waals surface area contributed by atoms with Gasteiger partial charge < -0.3 is 97.1 Å². The largest absolute Gasteiger partial charge is 0.508 e. The number of aliphatic carboxylic acids is 3. The SMILES string of the molecule is C[C@@H](NC(=O)[C@H](NC(=O)[C@H]1CCCN1C(=O)[C@@H](CCC(=O)O)NC(=O)[C@H]1CCCN1C(=O)CCCCNC(=S)Nc1ccc(C(=O)O)c(-c2c3ccc(=O)cc-3oc3cc(O)ccc23)c1)[C@@H](C)O)C(=O)N(CC(=O)N1CCC[C@@H]1C(=O)N[C@H](CCC(=O)O)C(=O)N[C@H](CCC(=O)O)C(N)=O)/N=C/c1ccoc1. The molecule has 3 aromatic rings. The molecule has 37 heteroatoms. The lowest BCUT2D eigenvalue weighted by Crippen LogP contribution is -2.60. The van der Waals surface area contributed by atoms with Gasteiger partial charge in [-0.25, -0.2) is 9.80 Å². The van der Waals surface area contributed by atoms with Crippen LogP contribution in [0.4, 0.5) is 5.69 Å². The van der Waals surface area contributed by atoms with Gasteiger partial charge in [-0.1, -0.05) is 0 Å². The molecule has 10 amide bonds. The summed E-state index contributed by atoms with van der Waals surface area (Å²) in [6, 6.07) is 2.71. The Hall–Kier alpha value is -11.9. The molecule has 0 saturated carbocycles. The van der Waals surface area contributed by atoms with E-state index in [1.807, 2.05) is 0 Å². The number of furan rings is 1. The van der Waals surface area contributed by atoms with Gasteiger partial charge in [0.25, 0.3) is 5.91 Å². The van der Waals surface area contributed by atoms with E-state index in [0.717, 1.165) is 22.9 Å². The highest BCUT2D eigenvalue weighted by atomic mass is 32.1. The van der Waals surface area contributed by atoms with Crippen molar-refractivity contribution in [3.63, 3.8) is 0 Å². The van der Waals surface area contributed by atoms with E-state index in [2.05, 4.69) is 42.3 Å². The number of aliphatic hydroxyl groups excluding tert-OH is 1. The van der Waals surface area contributed by atoms with Gasteiger partial charge in [-0.05, 0) is 151 Å². The van der Waals surface area contributed by atoms with E-state index in [1.165, 1.54) is 72.9 Å². The van der Waals surface area contributed by atoms with E-state index in [1.54, 1.807) is 12.1 Å². The molecular weight excluding hydrogens is 1420 g/mol. The van der Waals surface area contributed by atoms with E-state index in [-0.39, 0.29) is 109 Å². The molecule has 9 atom stereocenters. The van der Waals surface area contributed by atoms with Crippen molar-refractivity contribution in [3.8, 4) is 28.2 Å². The van der Waals surface area contributed by atoms with Gasteiger partial charge in [-0.15, -0.1) is 0 Å². The minimum absolute atomic E-state index is 0.000654. The van der Waals surface area contributed by atoms with Crippen molar-refractivity contribution in [2.45, 2.75) is 165 Å². The average molecular weight is 1510 g/mol. The summed E-state index contributed by atoms with van der Waals surface area (Å²) in [7, 11) is 0.